The Morgan fingerprint density at radius 3 is 2.41 bits per heavy atom. The van der Waals surface area contributed by atoms with Crippen molar-refractivity contribution >= 4 is 5.97 Å². The van der Waals surface area contributed by atoms with E-state index in [2.05, 4.69) is 39.9 Å². The fourth-order valence-electron chi connectivity index (χ4n) is 13.4. The van der Waals surface area contributed by atoms with E-state index in [-0.39, 0.29) is 52.0 Å². The monoisotopic (exact) mass is 617 g/mol. The van der Waals surface area contributed by atoms with E-state index in [9.17, 15) is 15.0 Å². The van der Waals surface area contributed by atoms with Crippen LogP contribution in [0.4, 0.5) is 0 Å². The molecule has 7 fully saturated rings. The van der Waals surface area contributed by atoms with Crippen molar-refractivity contribution in [3.63, 3.8) is 0 Å². The molecule has 0 aromatic rings. The Bertz CT molecular complexity index is 1150. The lowest BCUT2D eigenvalue weighted by Crippen LogP contribution is -2.60. The van der Waals surface area contributed by atoms with Crippen molar-refractivity contribution in [3.05, 3.63) is 0 Å². The zero-order chi connectivity index (χ0) is 31.7. The molecule has 0 aromatic carbocycles. The maximum Gasteiger partial charge on any atom is 0.303 e. The molecule has 5 aliphatic carbocycles. The maximum atomic E-state index is 12.5. The summed E-state index contributed by atoms with van der Waals surface area (Å²) in [4.78, 5) is 12.0. The van der Waals surface area contributed by atoms with Crippen molar-refractivity contribution in [1.82, 2.24) is 5.32 Å². The Hall–Kier alpha value is -0.770. The second kappa shape index (κ2) is 10.1. The highest BCUT2D eigenvalue weighted by atomic mass is 16.7. The van der Waals surface area contributed by atoms with Gasteiger partial charge in [-0.15, -0.1) is 0 Å². The lowest BCUT2D eigenvalue weighted by molar-refractivity contribution is -0.237. The van der Waals surface area contributed by atoms with Gasteiger partial charge in [0.15, 0.2) is 12.4 Å². The highest BCUT2D eigenvalue weighted by Gasteiger charge is 2.84. The van der Waals surface area contributed by atoms with Crippen LogP contribution in [-0.2, 0) is 23.7 Å². The Balaban J connectivity index is 1.16. The second-order valence-electron chi connectivity index (χ2n) is 17.9. The van der Waals surface area contributed by atoms with Crippen molar-refractivity contribution in [3.8, 4) is 0 Å². The number of carbonyl (C=O) groups excluding carboxylic acids is 1. The molecule has 0 radical (unpaired) electrons. The SMILES string of the molecule is CC(=O)O[C@@H]([C@H]1C[C@@H](C)[C@H]2[C@H](O1)[C@H](O)[C@@]1(C)[C@@H]3CC[C@H]4C(C)(C)[C@@H](O[C@H]5CNCCO5)CCC45C[C@@]35CC[C@]21C)C(C)(C)O. The summed E-state index contributed by atoms with van der Waals surface area (Å²) in [5.41, 5.74) is -0.862. The number of aliphatic hydroxyl groups is 2. The minimum atomic E-state index is -1.25. The molecule has 1 unspecified atom stereocenters. The van der Waals surface area contributed by atoms with Gasteiger partial charge in [0.05, 0.1) is 36.6 Å². The zero-order valence-corrected chi connectivity index (χ0v) is 28.5. The van der Waals surface area contributed by atoms with E-state index >= 15 is 0 Å². The van der Waals surface area contributed by atoms with E-state index in [1.165, 1.54) is 32.6 Å². The van der Waals surface area contributed by atoms with Crippen molar-refractivity contribution < 1.29 is 34.0 Å². The summed E-state index contributed by atoms with van der Waals surface area (Å²) >= 11 is 0. The van der Waals surface area contributed by atoms with Gasteiger partial charge in [0.1, 0.15) is 0 Å². The molecule has 7 aliphatic rings. The molecule has 44 heavy (non-hydrogen) atoms. The van der Waals surface area contributed by atoms with Gasteiger partial charge >= 0.3 is 5.97 Å². The molecule has 14 atom stereocenters. The predicted octanol–water partition coefficient (Wildman–Crippen LogP) is 4.83. The quantitative estimate of drug-likeness (QED) is 0.377. The van der Waals surface area contributed by atoms with Gasteiger partial charge in [0, 0.05) is 25.4 Å². The van der Waals surface area contributed by atoms with E-state index in [0.29, 0.717) is 30.3 Å². The van der Waals surface area contributed by atoms with Crippen molar-refractivity contribution in [2.75, 3.05) is 19.7 Å². The minimum Gasteiger partial charge on any atom is -0.457 e. The fraction of sp³-hybridized carbons (Fsp3) is 0.972. The maximum absolute atomic E-state index is 12.5. The summed E-state index contributed by atoms with van der Waals surface area (Å²) in [7, 11) is 0. The van der Waals surface area contributed by atoms with Crippen molar-refractivity contribution in [2.24, 2.45) is 50.7 Å². The number of nitrogens with one attached hydrogen (secondary N) is 1. The van der Waals surface area contributed by atoms with Crippen LogP contribution in [0.1, 0.15) is 107 Å². The van der Waals surface area contributed by atoms with Gasteiger partial charge in [0.25, 0.3) is 0 Å². The number of fused-ring (bicyclic) bond motifs is 4. The molecule has 3 N–H and O–H groups in total. The zero-order valence-electron chi connectivity index (χ0n) is 28.5. The summed E-state index contributed by atoms with van der Waals surface area (Å²) in [6, 6.07) is 0. The fourth-order valence-corrected chi connectivity index (χ4v) is 13.4. The Kier molecular flexibility index (Phi) is 7.32. The molecule has 8 nitrogen and oxygen atoms in total. The third-order valence-corrected chi connectivity index (χ3v) is 15.3. The number of carbonyl (C=O) groups is 1. The average Bonchev–Trinajstić information content (AvgIpc) is 3.58. The van der Waals surface area contributed by atoms with Gasteiger partial charge in [-0.2, -0.15) is 0 Å². The lowest BCUT2D eigenvalue weighted by atomic mass is 9.41. The van der Waals surface area contributed by atoms with Crippen LogP contribution in [0.5, 0.6) is 0 Å². The molecule has 0 bridgehead atoms. The van der Waals surface area contributed by atoms with E-state index in [1.807, 2.05) is 0 Å². The first-order valence-electron chi connectivity index (χ1n) is 17.7. The average molecular weight is 618 g/mol. The van der Waals surface area contributed by atoms with E-state index in [4.69, 9.17) is 18.9 Å². The first-order chi connectivity index (χ1) is 20.5. The van der Waals surface area contributed by atoms with Crippen molar-refractivity contribution in [2.45, 2.75) is 149 Å². The molecule has 8 heteroatoms. The summed E-state index contributed by atoms with van der Waals surface area (Å²) in [6.45, 7) is 19.2. The van der Waals surface area contributed by atoms with Crippen LogP contribution in [0.3, 0.4) is 0 Å². The third-order valence-electron chi connectivity index (χ3n) is 15.3. The standard InChI is InChI=1S/C36H59NO7/c1-20-17-22(30(32(5,6)40)42-21(2)38)43-28-27(20)33(7)13-14-36-19-35(36)12-11-25(44-26-18-37-15-16-41-26)31(3,4)23(35)9-10-24(36)34(33,8)29(28)39/h20,22-30,37,39-40H,9-19H2,1-8H3/t20-,22-,23+,24+,25+,26+,27+,28+,29+,30+,33-,34-,35?,36+/m1/s1. The lowest BCUT2D eigenvalue weighted by Gasteiger charge is -2.64. The van der Waals surface area contributed by atoms with Gasteiger partial charge in [0.2, 0.25) is 0 Å². The molecular weight excluding hydrogens is 558 g/mol. The molecule has 2 aliphatic heterocycles. The summed E-state index contributed by atoms with van der Waals surface area (Å²) < 4.78 is 25.2. The number of esters is 1. The smallest absolute Gasteiger partial charge is 0.303 e. The number of ether oxygens (including phenoxy) is 4. The molecule has 5 saturated carbocycles. The van der Waals surface area contributed by atoms with Crippen LogP contribution in [0, 0.1) is 50.7 Å². The molecule has 0 amide bonds. The molecule has 250 valence electrons. The van der Waals surface area contributed by atoms with Gasteiger partial charge in [-0.05, 0) is 111 Å². The number of hydrogen-bond acceptors (Lipinski definition) is 8. The van der Waals surface area contributed by atoms with E-state index in [0.717, 1.165) is 32.4 Å². The van der Waals surface area contributed by atoms with Gasteiger partial charge in [-0.3, -0.25) is 4.79 Å². The number of hydrogen-bond donors (Lipinski definition) is 3. The highest BCUT2D eigenvalue weighted by Crippen LogP contribution is 2.89. The van der Waals surface area contributed by atoms with E-state index < -0.39 is 29.9 Å². The van der Waals surface area contributed by atoms with E-state index in [1.54, 1.807) is 13.8 Å². The molecule has 2 spiro atoms. The molecule has 7 rings (SSSR count). The molecular formula is C36H59NO7. The minimum absolute atomic E-state index is 0.0409. The summed E-state index contributed by atoms with van der Waals surface area (Å²) in [5.74, 6) is 1.16. The van der Waals surface area contributed by atoms with Gasteiger partial charge in [-0.1, -0.05) is 34.6 Å². The second-order valence-corrected chi connectivity index (χ2v) is 17.9. The Labute approximate surface area is 264 Å². The number of rotatable bonds is 5. The van der Waals surface area contributed by atoms with Crippen molar-refractivity contribution in [1.29, 1.82) is 0 Å². The normalized spacial score (nSPS) is 53.3. The predicted molar refractivity (Wildman–Crippen MR) is 165 cm³/mol. The van der Waals surface area contributed by atoms with Crippen LogP contribution in [0.2, 0.25) is 0 Å². The molecule has 2 saturated heterocycles. The first-order valence-corrected chi connectivity index (χ1v) is 17.7. The largest absolute Gasteiger partial charge is 0.457 e. The van der Waals surface area contributed by atoms with Crippen LogP contribution < -0.4 is 5.32 Å². The highest BCUT2D eigenvalue weighted by molar-refractivity contribution is 5.66. The van der Waals surface area contributed by atoms with Gasteiger partial charge < -0.3 is 34.5 Å². The Morgan fingerprint density at radius 2 is 1.75 bits per heavy atom. The van der Waals surface area contributed by atoms with Crippen LogP contribution >= 0.6 is 0 Å². The summed E-state index contributed by atoms with van der Waals surface area (Å²) in [6.07, 6.45) is 6.87. The Morgan fingerprint density at radius 1 is 1.05 bits per heavy atom. The first kappa shape index (κ1) is 31.8. The summed E-state index contributed by atoms with van der Waals surface area (Å²) in [5, 5.41) is 26.9. The van der Waals surface area contributed by atoms with Crippen LogP contribution in [0.15, 0.2) is 0 Å². The van der Waals surface area contributed by atoms with Gasteiger partial charge in [-0.25, -0.2) is 0 Å². The third kappa shape index (κ3) is 4.12. The van der Waals surface area contributed by atoms with Crippen LogP contribution in [-0.4, -0.2) is 78.3 Å². The molecule has 2 heterocycles. The number of aliphatic hydroxyl groups excluding tert-OH is 1. The number of morpholine rings is 1. The topological polar surface area (TPSA) is 106 Å². The molecule has 0 aromatic heterocycles. The van der Waals surface area contributed by atoms with Crippen LogP contribution in [0.25, 0.3) is 0 Å².